The van der Waals surface area contributed by atoms with Crippen molar-refractivity contribution in [3.8, 4) is 5.75 Å². The highest BCUT2D eigenvalue weighted by Gasteiger charge is 2.27. The molecule has 1 fully saturated rings. The summed E-state index contributed by atoms with van der Waals surface area (Å²) in [6.07, 6.45) is 0.481. The third-order valence-corrected chi connectivity index (χ3v) is 5.13. The molecule has 1 saturated heterocycles. The summed E-state index contributed by atoms with van der Waals surface area (Å²) < 4.78 is 0. The van der Waals surface area contributed by atoms with Crippen molar-refractivity contribution < 1.29 is 24.3 Å². The predicted octanol–water partition coefficient (Wildman–Crippen LogP) is 1.01. The number of nitrogens with one attached hydrogen (secondary N) is 3. The molecule has 11 heteroatoms. The number of rotatable bonds is 8. The fraction of sp³-hybridized carbons (Fsp3) is 0.316. The van der Waals surface area contributed by atoms with E-state index in [0.29, 0.717) is 23.8 Å². The van der Waals surface area contributed by atoms with Gasteiger partial charge in [-0.1, -0.05) is 11.6 Å². The summed E-state index contributed by atoms with van der Waals surface area (Å²) in [7, 11) is 0. The van der Waals surface area contributed by atoms with Crippen molar-refractivity contribution in [2.45, 2.75) is 19.8 Å². The monoisotopic (exact) mass is 431 g/mol. The first kappa shape index (κ1) is 21.2. The van der Waals surface area contributed by atoms with Crippen molar-refractivity contribution in [1.82, 2.24) is 20.5 Å². The van der Waals surface area contributed by atoms with Crippen LogP contribution in [0.3, 0.4) is 0 Å². The number of benzene rings is 1. The van der Waals surface area contributed by atoms with Crippen molar-refractivity contribution in [3.05, 3.63) is 40.4 Å². The Morgan fingerprint density at radius 2 is 2.13 bits per heavy atom. The maximum atomic E-state index is 12.3. The van der Waals surface area contributed by atoms with Crippen molar-refractivity contribution in [1.29, 1.82) is 0 Å². The van der Waals surface area contributed by atoms with Crippen molar-refractivity contribution >= 4 is 40.2 Å². The largest absolute Gasteiger partial charge is 0.507 e. The van der Waals surface area contributed by atoms with E-state index in [0.717, 1.165) is 10.5 Å². The van der Waals surface area contributed by atoms with E-state index >= 15 is 0 Å². The van der Waals surface area contributed by atoms with Gasteiger partial charge in [0.25, 0.3) is 5.91 Å². The van der Waals surface area contributed by atoms with Gasteiger partial charge >= 0.3 is 6.03 Å². The van der Waals surface area contributed by atoms with E-state index in [-0.39, 0.29) is 42.6 Å². The lowest BCUT2D eigenvalue weighted by atomic mass is 10.1. The van der Waals surface area contributed by atoms with Crippen LogP contribution in [0.2, 0.25) is 0 Å². The van der Waals surface area contributed by atoms with Crippen LogP contribution in [-0.2, 0) is 16.0 Å². The number of anilines is 1. The molecule has 4 N–H and O–H groups in total. The van der Waals surface area contributed by atoms with Gasteiger partial charge in [0.05, 0.1) is 24.2 Å². The van der Waals surface area contributed by atoms with Gasteiger partial charge in [-0.3, -0.25) is 24.6 Å². The molecule has 0 unspecified atom stereocenters. The Bertz CT molecular complexity index is 973. The topological polar surface area (TPSA) is 141 Å². The van der Waals surface area contributed by atoms with Crippen LogP contribution in [0.1, 0.15) is 28.0 Å². The smallest absolute Gasteiger partial charge is 0.324 e. The van der Waals surface area contributed by atoms with Crippen molar-refractivity contribution in [3.63, 3.8) is 0 Å². The number of aryl methyl sites for hydroxylation is 1. The number of urea groups is 1. The number of hydrogen-bond acceptors (Lipinski definition) is 7. The molecule has 2 aromatic rings. The van der Waals surface area contributed by atoms with E-state index in [4.69, 9.17) is 0 Å². The first-order valence-corrected chi connectivity index (χ1v) is 10.1. The highest BCUT2D eigenvalue weighted by atomic mass is 32.1. The lowest BCUT2D eigenvalue weighted by Gasteiger charge is -2.12. The van der Waals surface area contributed by atoms with Crippen LogP contribution in [-0.4, -0.2) is 58.4 Å². The second-order valence-corrected chi connectivity index (χ2v) is 7.56. The van der Waals surface area contributed by atoms with Crippen LogP contribution in [0.4, 0.5) is 9.93 Å². The molecule has 1 aromatic carbocycles. The number of phenols is 1. The van der Waals surface area contributed by atoms with Crippen LogP contribution in [0, 0.1) is 6.92 Å². The van der Waals surface area contributed by atoms with E-state index in [2.05, 4.69) is 20.9 Å². The number of thiazole rings is 1. The minimum Gasteiger partial charge on any atom is -0.507 e. The fourth-order valence-electron chi connectivity index (χ4n) is 2.82. The van der Waals surface area contributed by atoms with Gasteiger partial charge in [-0.15, -0.1) is 11.3 Å². The molecule has 0 spiro atoms. The number of carbonyl (C=O) groups is 4. The van der Waals surface area contributed by atoms with E-state index in [1.165, 1.54) is 17.4 Å². The molecule has 3 rings (SSSR count). The maximum Gasteiger partial charge on any atom is 0.324 e. The molecular formula is C19H21N5O5S. The molecule has 0 radical (unpaired) electrons. The Morgan fingerprint density at radius 3 is 2.87 bits per heavy atom. The normalized spacial score (nSPS) is 13.3. The molecule has 1 aliphatic heterocycles. The van der Waals surface area contributed by atoms with E-state index in [9.17, 15) is 24.3 Å². The molecule has 1 aromatic heterocycles. The lowest BCUT2D eigenvalue weighted by Crippen LogP contribution is -2.34. The quantitative estimate of drug-likeness (QED) is 0.363. The van der Waals surface area contributed by atoms with Gasteiger partial charge in [-0.05, 0) is 25.5 Å². The van der Waals surface area contributed by atoms with Gasteiger partial charge in [-0.2, -0.15) is 0 Å². The van der Waals surface area contributed by atoms with E-state index in [1.807, 2.05) is 6.92 Å². The van der Waals surface area contributed by atoms with Crippen molar-refractivity contribution in [2.24, 2.45) is 0 Å². The summed E-state index contributed by atoms with van der Waals surface area (Å²) >= 11 is 1.18. The number of hydrogen-bond donors (Lipinski definition) is 4. The Labute approximate surface area is 176 Å². The number of phenolic OH excluding ortho intramolecular Hbond substituents is 1. The molecule has 30 heavy (non-hydrogen) atoms. The molecule has 1 aliphatic rings. The lowest BCUT2D eigenvalue weighted by molar-refractivity contribution is -0.125. The second-order valence-electron chi connectivity index (χ2n) is 6.70. The third-order valence-electron chi connectivity index (χ3n) is 4.33. The van der Waals surface area contributed by atoms with Crippen molar-refractivity contribution in [2.75, 3.05) is 25.0 Å². The second kappa shape index (κ2) is 9.35. The molecule has 0 aliphatic carbocycles. The van der Waals surface area contributed by atoms with Crippen LogP contribution in [0.25, 0.3) is 0 Å². The zero-order chi connectivity index (χ0) is 21.7. The summed E-state index contributed by atoms with van der Waals surface area (Å²) in [5.41, 5.74) is 1.48. The van der Waals surface area contributed by atoms with Gasteiger partial charge in [0.15, 0.2) is 5.13 Å². The Morgan fingerprint density at radius 1 is 1.33 bits per heavy atom. The van der Waals surface area contributed by atoms with Gasteiger partial charge < -0.3 is 15.7 Å². The first-order valence-electron chi connectivity index (χ1n) is 9.24. The predicted molar refractivity (Wildman–Crippen MR) is 109 cm³/mol. The minimum atomic E-state index is -0.484. The standard InChI is InChI=1S/C19H21N5O5S/c1-11-3-4-14(25)13(7-11)17(28)23-18-22-12(10-30-18)8-15(26)20-5-2-6-24-16(27)9-21-19(24)29/h3-4,7,10,25H,2,5-6,8-9H2,1H3,(H,20,26)(H,21,29)(H,22,23,28). The third kappa shape index (κ3) is 5.32. The molecule has 0 bridgehead atoms. The Kier molecular flexibility index (Phi) is 6.62. The SMILES string of the molecule is Cc1ccc(O)c(C(=O)Nc2nc(CC(=O)NCCCN3C(=O)CNC3=O)cs2)c1. The summed E-state index contributed by atoms with van der Waals surface area (Å²) in [6.45, 7) is 2.38. The molecule has 0 atom stereocenters. The van der Waals surface area contributed by atoms with E-state index < -0.39 is 11.9 Å². The van der Waals surface area contributed by atoms with Crippen LogP contribution in [0.15, 0.2) is 23.6 Å². The average molecular weight is 431 g/mol. The molecular weight excluding hydrogens is 410 g/mol. The van der Waals surface area contributed by atoms with Gasteiger partial charge in [0.2, 0.25) is 11.8 Å². The molecule has 10 nitrogen and oxygen atoms in total. The summed E-state index contributed by atoms with van der Waals surface area (Å²) in [5.74, 6) is -1.14. The van der Waals surface area contributed by atoms with Crippen LogP contribution >= 0.6 is 11.3 Å². The summed E-state index contributed by atoms with van der Waals surface area (Å²) in [4.78, 5) is 52.6. The summed E-state index contributed by atoms with van der Waals surface area (Å²) in [6, 6.07) is 4.31. The fourth-order valence-corrected chi connectivity index (χ4v) is 3.52. The van der Waals surface area contributed by atoms with Gasteiger partial charge in [-0.25, -0.2) is 9.78 Å². The minimum absolute atomic E-state index is 0.0113. The number of nitrogens with zero attached hydrogens (tertiary/aromatic N) is 2. The van der Waals surface area contributed by atoms with E-state index in [1.54, 1.807) is 17.5 Å². The first-order chi connectivity index (χ1) is 14.3. The highest BCUT2D eigenvalue weighted by molar-refractivity contribution is 7.14. The number of imide groups is 1. The Balaban J connectivity index is 1.44. The van der Waals surface area contributed by atoms with Gasteiger partial charge in [0, 0.05) is 18.5 Å². The zero-order valence-electron chi connectivity index (χ0n) is 16.2. The Hall–Kier alpha value is -3.47. The summed E-state index contributed by atoms with van der Waals surface area (Å²) in [5, 5.41) is 19.6. The molecule has 158 valence electrons. The van der Waals surface area contributed by atoms with Gasteiger partial charge in [0.1, 0.15) is 5.75 Å². The molecule has 5 amide bonds. The number of aromatic hydroxyl groups is 1. The molecule has 0 saturated carbocycles. The van der Waals surface area contributed by atoms with Crippen LogP contribution in [0.5, 0.6) is 5.75 Å². The zero-order valence-corrected chi connectivity index (χ0v) is 17.0. The van der Waals surface area contributed by atoms with Crippen LogP contribution < -0.4 is 16.0 Å². The molecule has 2 heterocycles. The maximum absolute atomic E-state index is 12.3. The number of amides is 5. The highest BCUT2D eigenvalue weighted by Crippen LogP contribution is 2.21. The number of aromatic nitrogens is 1. The average Bonchev–Trinajstić information content (AvgIpc) is 3.27. The number of carbonyl (C=O) groups excluding carboxylic acids is 4.